The Morgan fingerprint density at radius 2 is 2.00 bits per heavy atom. The van der Waals surface area contributed by atoms with Crippen molar-refractivity contribution in [3.05, 3.63) is 41.5 Å². The lowest BCUT2D eigenvalue weighted by molar-refractivity contribution is -0.633. The first-order valence-corrected chi connectivity index (χ1v) is 7.66. The normalized spacial score (nSPS) is 12.7. The number of benzene rings is 1. The van der Waals surface area contributed by atoms with E-state index in [1.165, 1.54) is 21.3 Å². The predicted molar refractivity (Wildman–Crippen MR) is 83.0 cm³/mol. The van der Waals surface area contributed by atoms with Crippen molar-refractivity contribution in [3.8, 4) is 22.8 Å². The number of hydrogen-bond acceptors (Lipinski definition) is 3. The fourth-order valence-electron chi connectivity index (χ4n) is 3.25. The molecular weight excluding hydrogens is 282 g/mol. The SMILES string of the molecule is Cc1sc2occ3c2c1-c1c(cc2ccccc2[n+]1C)O3. The molecule has 0 bridgehead atoms. The minimum Gasteiger partial charge on any atom is -0.450 e. The second-order valence-electron chi connectivity index (χ2n) is 5.37. The average molecular weight is 294 g/mol. The Kier molecular flexibility index (Phi) is 1.97. The minimum atomic E-state index is 0.826. The van der Waals surface area contributed by atoms with Crippen LogP contribution in [-0.4, -0.2) is 0 Å². The summed E-state index contributed by atoms with van der Waals surface area (Å²) < 4.78 is 13.9. The van der Waals surface area contributed by atoms with E-state index in [0.717, 1.165) is 27.5 Å². The summed E-state index contributed by atoms with van der Waals surface area (Å²) in [6, 6.07) is 10.5. The van der Waals surface area contributed by atoms with E-state index in [2.05, 4.69) is 48.9 Å². The quantitative estimate of drug-likeness (QED) is 0.392. The lowest BCUT2D eigenvalue weighted by Gasteiger charge is -2.14. The highest BCUT2D eigenvalue weighted by Crippen LogP contribution is 2.51. The summed E-state index contributed by atoms with van der Waals surface area (Å²) in [6.45, 7) is 2.14. The standard InChI is InChI=1S/C17H12NO2S/c1-9-14-15-13(8-19-17(15)21-9)20-12-7-10-5-3-4-6-11(10)18(2)16(12)14/h3-8H,1-2H3/q+1. The molecule has 0 amide bonds. The van der Waals surface area contributed by atoms with Crippen LogP contribution in [0.15, 0.2) is 41.0 Å². The van der Waals surface area contributed by atoms with Crippen LogP contribution >= 0.6 is 11.3 Å². The van der Waals surface area contributed by atoms with Crippen molar-refractivity contribution in [2.45, 2.75) is 6.92 Å². The maximum Gasteiger partial charge on any atom is 0.257 e. The van der Waals surface area contributed by atoms with Gasteiger partial charge in [-0.1, -0.05) is 12.1 Å². The molecule has 4 heterocycles. The second kappa shape index (κ2) is 3.65. The van der Waals surface area contributed by atoms with Crippen molar-refractivity contribution in [1.29, 1.82) is 0 Å². The van der Waals surface area contributed by atoms with Crippen LogP contribution in [0.5, 0.6) is 11.5 Å². The summed E-state index contributed by atoms with van der Waals surface area (Å²) >= 11 is 1.68. The third-order valence-electron chi connectivity index (χ3n) is 4.18. The summed E-state index contributed by atoms with van der Waals surface area (Å²) in [5.41, 5.74) is 3.57. The zero-order valence-electron chi connectivity index (χ0n) is 11.6. The largest absolute Gasteiger partial charge is 0.450 e. The second-order valence-corrected chi connectivity index (χ2v) is 6.56. The van der Waals surface area contributed by atoms with Crippen LogP contribution in [0, 0.1) is 6.92 Å². The molecule has 3 nitrogen and oxygen atoms in total. The maximum absolute atomic E-state index is 6.08. The van der Waals surface area contributed by atoms with E-state index in [1.807, 2.05) is 0 Å². The molecule has 0 atom stereocenters. The zero-order chi connectivity index (χ0) is 14.1. The van der Waals surface area contributed by atoms with Crippen LogP contribution in [0.4, 0.5) is 0 Å². The van der Waals surface area contributed by atoms with E-state index in [-0.39, 0.29) is 0 Å². The average Bonchev–Trinajstić information content (AvgIpc) is 3.02. The van der Waals surface area contributed by atoms with Crippen molar-refractivity contribution < 1.29 is 13.7 Å². The number of para-hydroxylation sites is 1. The van der Waals surface area contributed by atoms with Gasteiger partial charge >= 0.3 is 0 Å². The van der Waals surface area contributed by atoms with Gasteiger partial charge in [-0.25, -0.2) is 0 Å². The van der Waals surface area contributed by atoms with Gasteiger partial charge in [0.25, 0.3) is 5.69 Å². The smallest absolute Gasteiger partial charge is 0.257 e. The van der Waals surface area contributed by atoms with E-state index in [0.29, 0.717) is 0 Å². The van der Waals surface area contributed by atoms with Crippen molar-refractivity contribution in [2.75, 3.05) is 0 Å². The molecule has 1 aliphatic rings. The molecule has 0 saturated heterocycles. The molecule has 0 spiro atoms. The number of aromatic nitrogens is 1. The molecule has 102 valence electrons. The van der Waals surface area contributed by atoms with Gasteiger partial charge in [0, 0.05) is 17.0 Å². The van der Waals surface area contributed by atoms with Crippen LogP contribution in [0.25, 0.3) is 32.4 Å². The highest BCUT2D eigenvalue weighted by atomic mass is 32.1. The molecule has 0 fully saturated rings. The molecule has 0 N–H and O–H groups in total. The van der Waals surface area contributed by atoms with Gasteiger partial charge in [-0.05, 0) is 13.0 Å². The lowest BCUT2D eigenvalue weighted by atomic mass is 10.0. The molecular formula is C17H12NO2S+. The number of furan rings is 1. The van der Waals surface area contributed by atoms with Gasteiger partial charge in [0.05, 0.1) is 16.3 Å². The van der Waals surface area contributed by atoms with Crippen molar-refractivity contribution >= 4 is 32.5 Å². The first-order valence-electron chi connectivity index (χ1n) is 6.84. The van der Waals surface area contributed by atoms with Gasteiger partial charge in [0.15, 0.2) is 16.4 Å². The molecule has 4 heteroatoms. The zero-order valence-corrected chi connectivity index (χ0v) is 12.5. The first-order chi connectivity index (χ1) is 10.2. The summed E-state index contributed by atoms with van der Waals surface area (Å²) in [4.78, 5) is 2.21. The van der Waals surface area contributed by atoms with E-state index in [9.17, 15) is 0 Å². The number of nitrogens with zero attached hydrogens (tertiary/aromatic N) is 1. The maximum atomic E-state index is 6.08. The van der Waals surface area contributed by atoms with E-state index < -0.39 is 0 Å². The predicted octanol–water partition coefficient (Wildman–Crippen LogP) is 4.55. The number of thiophene rings is 1. The molecule has 0 unspecified atom stereocenters. The number of aryl methyl sites for hydroxylation is 2. The van der Waals surface area contributed by atoms with Crippen molar-refractivity contribution in [3.63, 3.8) is 0 Å². The number of pyridine rings is 1. The van der Waals surface area contributed by atoms with Gasteiger partial charge in [0.2, 0.25) is 5.52 Å². The molecule has 1 aromatic carbocycles. The fraction of sp³-hybridized carbons (Fsp3) is 0.118. The van der Waals surface area contributed by atoms with Crippen LogP contribution in [0.1, 0.15) is 4.88 Å². The Morgan fingerprint density at radius 1 is 1.14 bits per heavy atom. The Balaban J connectivity index is 2.01. The van der Waals surface area contributed by atoms with E-state index >= 15 is 0 Å². The molecule has 3 aromatic heterocycles. The molecule has 5 rings (SSSR count). The van der Waals surface area contributed by atoms with E-state index in [1.54, 1.807) is 17.6 Å². The number of fused-ring (bicyclic) bond motifs is 3. The topological polar surface area (TPSA) is 26.2 Å². The Bertz CT molecular complexity index is 1040. The Morgan fingerprint density at radius 3 is 2.90 bits per heavy atom. The summed E-state index contributed by atoms with van der Waals surface area (Å²) in [5, 5.41) is 2.28. The molecule has 0 saturated carbocycles. The number of ether oxygens (including phenoxy) is 1. The van der Waals surface area contributed by atoms with Crippen molar-refractivity contribution in [1.82, 2.24) is 0 Å². The lowest BCUT2D eigenvalue weighted by Crippen LogP contribution is -2.33. The minimum absolute atomic E-state index is 0.826. The molecule has 0 aliphatic carbocycles. The molecule has 1 aliphatic heterocycles. The third kappa shape index (κ3) is 1.30. The summed E-state index contributed by atoms with van der Waals surface area (Å²) in [7, 11) is 2.10. The van der Waals surface area contributed by atoms with Gasteiger partial charge in [-0.3, -0.25) is 0 Å². The van der Waals surface area contributed by atoms with Crippen LogP contribution in [-0.2, 0) is 7.05 Å². The number of hydrogen-bond donors (Lipinski definition) is 0. The highest BCUT2D eigenvalue weighted by Gasteiger charge is 2.33. The Labute approximate surface area is 125 Å². The van der Waals surface area contributed by atoms with Crippen LogP contribution < -0.4 is 9.30 Å². The summed E-state index contributed by atoms with van der Waals surface area (Å²) in [5.74, 6) is 1.72. The Hall–Kier alpha value is -2.33. The van der Waals surface area contributed by atoms with Crippen molar-refractivity contribution in [2.24, 2.45) is 7.05 Å². The van der Waals surface area contributed by atoms with Crippen LogP contribution in [0.2, 0.25) is 0 Å². The monoisotopic (exact) mass is 294 g/mol. The fourth-order valence-corrected chi connectivity index (χ4v) is 4.23. The highest BCUT2D eigenvalue weighted by molar-refractivity contribution is 7.19. The van der Waals surface area contributed by atoms with Crippen LogP contribution in [0.3, 0.4) is 0 Å². The van der Waals surface area contributed by atoms with Gasteiger partial charge < -0.3 is 9.15 Å². The summed E-state index contributed by atoms with van der Waals surface area (Å²) in [6.07, 6.45) is 1.71. The van der Waals surface area contributed by atoms with E-state index in [4.69, 9.17) is 9.15 Å². The molecule has 4 aromatic rings. The molecule has 21 heavy (non-hydrogen) atoms. The third-order valence-corrected chi connectivity index (χ3v) is 5.18. The van der Waals surface area contributed by atoms with Gasteiger partial charge in [-0.2, -0.15) is 4.57 Å². The molecule has 0 radical (unpaired) electrons. The first kappa shape index (κ1) is 11.3. The van der Waals surface area contributed by atoms with Gasteiger partial charge in [-0.15, -0.1) is 11.3 Å². The number of rotatable bonds is 0. The van der Waals surface area contributed by atoms with Gasteiger partial charge in [0.1, 0.15) is 13.3 Å².